The number of hydrogen-bond donors (Lipinski definition) is 2. The molecule has 0 bridgehead atoms. The predicted molar refractivity (Wildman–Crippen MR) is 77.6 cm³/mol. The Balaban J connectivity index is 2.43. The number of nitrogens with one attached hydrogen (secondary N) is 2. The number of anilines is 1. The number of carbonyl (C=O) groups is 2. The summed E-state index contributed by atoms with van der Waals surface area (Å²) in [7, 11) is 0. The molecule has 0 saturated heterocycles. The van der Waals surface area contributed by atoms with Crippen molar-refractivity contribution in [3.63, 3.8) is 0 Å². The molecular weight excluding hydrogens is 287 g/mol. The Morgan fingerprint density at radius 3 is 2.42 bits per heavy atom. The lowest BCUT2D eigenvalue weighted by molar-refractivity contribution is -0.124. The smallest absolute Gasteiger partial charge is 0.243 e. The number of benzene rings is 1. The van der Waals surface area contributed by atoms with Crippen LogP contribution in [0.1, 0.15) is 20.3 Å². The highest BCUT2D eigenvalue weighted by atomic mass is 35.5. The summed E-state index contributed by atoms with van der Waals surface area (Å²) in [6, 6.07) is 4.79. The Morgan fingerprint density at radius 2 is 1.84 bits per heavy atom. The van der Waals surface area contributed by atoms with Crippen molar-refractivity contribution in [3.8, 4) is 0 Å². The summed E-state index contributed by atoms with van der Waals surface area (Å²) in [5.74, 6) is -0.187. The van der Waals surface area contributed by atoms with Gasteiger partial charge >= 0.3 is 0 Å². The van der Waals surface area contributed by atoms with Crippen molar-refractivity contribution in [1.29, 1.82) is 0 Å². The third-order valence-electron chi connectivity index (χ3n) is 2.24. The third-order valence-corrected chi connectivity index (χ3v) is 2.98. The second-order valence-electron chi connectivity index (χ2n) is 4.55. The molecule has 0 fully saturated rings. The molecule has 2 N–H and O–H groups in total. The summed E-state index contributed by atoms with van der Waals surface area (Å²) in [6.45, 7) is 3.82. The first-order valence-corrected chi connectivity index (χ1v) is 6.65. The van der Waals surface area contributed by atoms with E-state index in [9.17, 15) is 9.59 Å². The second kappa shape index (κ2) is 7.36. The van der Waals surface area contributed by atoms with Gasteiger partial charge in [-0.3, -0.25) is 9.59 Å². The average Bonchev–Trinajstić information content (AvgIpc) is 2.30. The molecule has 4 nitrogen and oxygen atoms in total. The molecule has 0 aliphatic heterocycles. The Morgan fingerprint density at radius 1 is 1.16 bits per heavy atom. The second-order valence-corrected chi connectivity index (χ2v) is 5.37. The maximum atomic E-state index is 11.6. The molecule has 0 unspecified atom stereocenters. The summed E-state index contributed by atoms with van der Waals surface area (Å²) >= 11 is 11.6. The van der Waals surface area contributed by atoms with E-state index in [4.69, 9.17) is 23.2 Å². The molecule has 0 atom stereocenters. The summed E-state index contributed by atoms with van der Waals surface area (Å²) in [6.07, 6.45) is 0.403. The normalized spacial score (nSPS) is 10.4. The number of amides is 2. The predicted octanol–water partition coefficient (Wildman–Crippen LogP) is 3.09. The summed E-state index contributed by atoms with van der Waals surface area (Å²) in [5, 5.41) is 5.96. The van der Waals surface area contributed by atoms with E-state index in [2.05, 4.69) is 10.6 Å². The van der Waals surface area contributed by atoms with Crippen LogP contribution in [0.15, 0.2) is 18.2 Å². The lowest BCUT2D eigenvalue weighted by atomic mass is 10.1. The standard InChI is InChI=1S/C13H16Cl2N2O2/c1-8(2)5-12(18)16-7-13(19)17-9-3-4-10(14)11(15)6-9/h3-4,6,8H,5,7H2,1-2H3,(H,16,18)(H,17,19). The molecule has 0 aromatic heterocycles. The largest absolute Gasteiger partial charge is 0.347 e. The van der Waals surface area contributed by atoms with Crippen LogP contribution in [0, 0.1) is 5.92 Å². The first-order chi connectivity index (χ1) is 8.88. The Labute approximate surface area is 122 Å². The minimum absolute atomic E-state index is 0.0637. The van der Waals surface area contributed by atoms with Crippen LogP contribution in [0.5, 0.6) is 0 Å². The molecule has 6 heteroatoms. The van der Waals surface area contributed by atoms with Crippen LogP contribution in [-0.4, -0.2) is 18.4 Å². The van der Waals surface area contributed by atoms with Crippen molar-refractivity contribution in [2.24, 2.45) is 5.92 Å². The highest BCUT2D eigenvalue weighted by Gasteiger charge is 2.08. The van der Waals surface area contributed by atoms with E-state index in [0.29, 0.717) is 22.2 Å². The summed E-state index contributed by atoms with van der Waals surface area (Å²) < 4.78 is 0. The van der Waals surface area contributed by atoms with Gasteiger partial charge in [-0.1, -0.05) is 37.0 Å². The van der Waals surface area contributed by atoms with E-state index in [0.717, 1.165) is 0 Å². The lowest BCUT2D eigenvalue weighted by Gasteiger charge is -2.08. The van der Waals surface area contributed by atoms with Gasteiger partial charge in [-0.05, 0) is 24.1 Å². The quantitative estimate of drug-likeness (QED) is 0.878. The lowest BCUT2D eigenvalue weighted by Crippen LogP contribution is -2.33. The molecule has 1 aromatic carbocycles. The number of rotatable bonds is 5. The third kappa shape index (κ3) is 5.94. The van der Waals surface area contributed by atoms with Crippen LogP contribution in [0.25, 0.3) is 0 Å². The van der Waals surface area contributed by atoms with Crippen molar-refractivity contribution in [2.45, 2.75) is 20.3 Å². The van der Waals surface area contributed by atoms with Crippen LogP contribution in [0.4, 0.5) is 5.69 Å². The van der Waals surface area contributed by atoms with E-state index in [-0.39, 0.29) is 24.3 Å². The van der Waals surface area contributed by atoms with Crippen molar-refractivity contribution in [1.82, 2.24) is 5.32 Å². The zero-order chi connectivity index (χ0) is 14.4. The van der Waals surface area contributed by atoms with E-state index in [1.165, 1.54) is 0 Å². The van der Waals surface area contributed by atoms with Crippen LogP contribution in [0.3, 0.4) is 0 Å². The zero-order valence-electron chi connectivity index (χ0n) is 10.8. The fraction of sp³-hybridized carbons (Fsp3) is 0.385. The van der Waals surface area contributed by atoms with Crippen LogP contribution in [0.2, 0.25) is 10.0 Å². The fourth-order valence-electron chi connectivity index (χ4n) is 1.40. The molecule has 0 radical (unpaired) electrons. The molecule has 0 aliphatic carbocycles. The van der Waals surface area contributed by atoms with Gasteiger partial charge in [-0.25, -0.2) is 0 Å². The van der Waals surface area contributed by atoms with E-state index in [1.54, 1.807) is 18.2 Å². The van der Waals surface area contributed by atoms with Gasteiger partial charge in [0.1, 0.15) is 0 Å². The molecule has 0 heterocycles. The van der Waals surface area contributed by atoms with E-state index >= 15 is 0 Å². The monoisotopic (exact) mass is 302 g/mol. The van der Waals surface area contributed by atoms with Crippen molar-refractivity contribution in [2.75, 3.05) is 11.9 Å². The number of carbonyl (C=O) groups excluding carboxylic acids is 2. The molecule has 0 aliphatic rings. The van der Waals surface area contributed by atoms with Gasteiger partial charge in [-0.2, -0.15) is 0 Å². The van der Waals surface area contributed by atoms with Gasteiger partial charge < -0.3 is 10.6 Å². The van der Waals surface area contributed by atoms with Gasteiger partial charge in [0.15, 0.2) is 0 Å². The van der Waals surface area contributed by atoms with E-state index in [1.807, 2.05) is 13.8 Å². The maximum Gasteiger partial charge on any atom is 0.243 e. The van der Waals surface area contributed by atoms with Crippen LogP contribution < -0.4 is 10.6 Å². The van der Waals surface area contributed by atoms with Gasteiger partial charge in [0.2, 0.25) is 11.8 Å². The Kier molecular flexibility index (Phi) is 6.12. The molecule has 104 valence electrons. The van der Waals surface area contributed by atoms with Crippen molar-refractivity contribution < 1.29 is 9.59 Å². The Hall–Kier alpha value is -1.26. The first-order valence-electron chi connectivity index (χ1n) is 5.90. The van der Waals surface area contributed by atoms with Crippen LogP contribution >= 0.6 is 23.2 Å². The van der Waals surface area contributed by atoms with Gasteiger partial charge in [0, 0.05) is 12.1 Å². The SMILES string of the molecule is CC(C)CC(=O)NCC(=O)Nc1ccc(Cl)c(Cl)c1. The maximum absolute atomic E-state index is 11.6. The molecule has 2 amide bonds. The van der Waals surface area contributed by atoms with Gasteiger partial charge in [0.25, 0.3) is 0 Å². The molecule has 0 spiro atoms. The van der Waals surface area contributed by atoms with Crippen LogP contribution in [-0.2, 0) is 9.59 Å². The van der Waals surface area contributed by atoms with Gasteiger partial charge in [0.05, 0.1) is 16.6 Å². The molecule has 0 saturated carbocycles. The van der Waals surface area contributed by atoms with Gasteiger partial charge in [-0.15, -0.1) is 0 Å². The minimum atomic E-state index is -0.310. The number of halogens is 2. The molecule has 1 rings (SSSR count). The number of hydrogen-bond acceptors (Lipinski definition) is 2. The highest BCUT2D eigenvalue weighted by molar-refractivity contribution is 6.42. The van der Waals surface area contributed by atoms with Crippen molar-refractivity contribution in [3.05, 3.63) is 28.2 Å². The average molecular weight is 303 g/mol. The first kappa shape index (κ1) is 15.8. The highest BCUT2D eigenvalue weighted by Crippen LogP contribution is 2.24. The molecular formula is C13H16Cl2N2O2. The zero-order valence-corrected chi connectivity index (χ0v) is 12.3. The summed E-state index contributed by atoms with van der Waals surface area (Å²) in [4.78, 5) is 23.0. The molecule has 19 heavy (non-hydrogen) atoms. The summed E-state index contributed by atoms with van der Waals surface area (Å²) in [5.41, 5.74) is 0.539. The fourth-order valence-corrected chi connectivity index (χ4v) is 1.70. The Bertz CT molecular complexity index is 476. The minimum Gasteiger partial charge on any atom is -0.347 e. The van der Waals surface area contributed by atoms with Crippen molar-refractivity contribution >= 4 is 40.7 Å². The molecule has 1 aromatic rings. The van der Waals surface area contributed by atoms with E-state index < -0.39 is 0 Å². The topological polar surface area (TPSA) is 58.2 Å².